The Kier molecular flexibility index (Phi) is 9.22. The van der Waals surface area contributed by atoms with E-state index >= 15 is 0 Å². The number of urea groups is 1. The van der Waals surface area contributed by atoms with Crippen LogP contribution in [0.1, 0.15) is 18.9 Å². The second-order valence-corrected chi connectivity index (χ2v) is 11.4. The summed E-state index contributed by atoms with van der Waals surface area (Å²) >= 11 is 5.63. The number of alkyl halides is 3. The number of halogens is 4. The molecule has 4 rings (SSSR count). The van der Waals surface area contributed by atoms with Gasteiger partial charge in [0.1, 0.15) is 4.90 Å². The molecule has 218 valence electrons. The second-order valence-electron chi connectivity index (χ2n) is 9.28. The van der Waals surface area contributed by atoms with Gasteiger partial charge in [-0.05, 0) is 68.5 Å². The molecule has 0 saturated heterocycles. The molecule has 0 unspecified atom stereocenters. The fourth-order valence-corrected chi connectivity index (χ4v) is 5.68. The van der Waals surface area contributed by atoms with Gasteiger partial charge in [-0.2, -0.15) is 13.2 Å². The zero-order valence-corrected chi connectivity index (χ0v) is 23.7. The molecule has 2 aromatic heterocycles. The van der Waals surface area contributed by atoms with Crippen LogP contribution in [-0.4, -0.2) is 55.6 Å². The van der Waals surface area contributed by atoms with Crippen molar-refractivity contribution in [3.63, 3.8) is 0 Å². The molecule has 2 aromatic carbocycles. The Morgan fingerprint density at radius 2 is 1.73 bits per heavy atom. The number of hydrogen-bond acceptors (Lipinski definition) is 5. The number of pyridine rings is 1. The first-order valence-corrected chi connectivity index (χ1v) is 14.4. The molecule has 0 aliphatic rings. The van der Waals surface area contributed by atoms with Crippen molar-refractivity contribution in [2.75, 3.05) is 37.3 Å². The van der Waals surface area contributed by atoms with Crippen LogP contribution in [0.2, 0.25) is 5.02 Å². The van der Waals surface area contributed by atoms with Crippen LogP contribution in [0.5, 0.6) is 0 Å². The SMILES string of the molecule is CCCN(C)CCNS(=O)(=O)c1cn(-c2ccc(NC(=O)Nc3ccc(Cl)c(C(F)(F)F)c3)cc2)c2cnccc12. The molecule has 0 aliphatic carbocycles. The van der Waals surface area contributed by atoms with Gasteiger partial charge in [-0.3, -0.25) is 4.98 Å². The van der Waals surface area contributed by atoms with E-state index in [-0.39, 0.29) is 17.1 Å². The third-order valence-electron chi connectivity index (χ3n) is 6.18. The molecular weight excluding hydrogens is 581 g/mol. The molecule has 41 heavy (non-hydrogen) atoms. The first kappa shape index (κ1) is 30.3. The Morgan fingerprint density at radius 3 is 2.41 bits per heavy atom. The number of benzene rings is 2. The van der Waals surface area contributed by atoms with Gasteiger partial charge < -0.3 is 20.1 Å². The average Bonchev–Trinajstić information content (AvgIpc) is 3.30. The van der Waals surface area contributed by atoms with E-state index in [4.69, 9.17) is 11.6 Å². The number of nitrogens with zero attached hydrogens (tertiary/aromatic N) is 3. The highest BCUT2D eigenvalue weighted by Gasteiger charge is 2.33. The predicted octanol–water partition coefficient (Wildman–Crippen LogP) is 5.96. The molecule has 0 radical (unpaired) electrons. The van der Waals surface area contributed by atoms with E-state index < -0.39 is 32.8 Å². The van der Waals surface area contributed by atoms with Gasteiger partial charge in [0.2, 0.25) is 10.0 Å². The van der Waals surface area contributed by atoms with Crippen molar-refractivity contribution >= 4 is 49.9 Å². The van der Waals surface area contributed by atoms with Gasteiger partial charge >= 0.3 is 12.2 Å². The number of likely N-dealkylation sites (N-methyl/N-ethyl adjacent to an activating group) is 1. The highest BCUT2D eigenvalue weighted by atomic mass is 35.5. The largest absolute Gasteiger partial charge is 0.417 e. The molecule has 0 saturated carbocycles. The van der Waals surface area contributed by atoms with Crippen LogP contribution < -0.4 is 15.4 Å². The number of fused-ring (bicyclic) bond motifs is 1. The fraction of sp³-hybridized carbons (Fsp3) is 0.259. The number of carbonyl (C=O) groups is 1. The number of anilines is 2. The van der Waals surface area contributed by atoms with Crippen LogP contribution in [-0.2, 0) is 16.2 Å². The van der Waals surface area contributed by atoms with Crippen molar-refractivity contribution < 1.29 is 26.4 Å². The molecule has 2 heterocycles. The minimum atomic E-state index is -4.67. The second kappa shape index (κ2) is 12.5. The summed E-state index contributed by atoms with van der Waals surface area (Å²) in [4.78, 5) is 18.7. The van der Waals surface area contributed by atoms with Gasteiger partial charge in [-0.15, -0.1) is 0 Å². The highest BCUT2D eigenvalue weighted by Crippen LogP contribution is 2.36. The maximum absolute atomic E-state index is 13.2. The third-order valence-corrected chi connectivity index (χ3v) is 8.00. The summed E-state index contributed by atoms with van der Waals surface area (Å²) in [7, 11) is -1.89. The number of rotatable bonds is 10. The van der Waals surface area contributed by atoms with Crippen LogP contribution >= 0.6 is 11.6 Å². The maximum Gasteiger partial charge on any atom is 0.417 e. The Bertz CT molecular complexity index is 1640. The maximum atomic E-state index is 13.2. The molecule has 0 bridgehead atoms. The van der Waals surface area contributed by atoms with Gasteiger partial charge in [-0.25, -0.2) is 17.9 Å². The molecule has 4 aromatic rings. The lowest BCUT2D eigenvalue weighted by atomic mass is 10.2. The number of amides is 2. The van der Waals surface area contributed by atoms with E-state index in [1.54, 1.807) is 41.1 Å². The number of hydrogen-bond donors (Lipinski definition) is 3. The zero-order chi connectivity index (χ0) is 29.8. The predicted molar refractivity (Wildman–Crippen MR) is 153 cm³/mol. The molecule has 2 amide bonds. The summed E-state index contributed by atoms with van der Waals surface area (Å²) in [5.74, 6) is 0. The first-order chi connectivity index (χ1) is 19.4. The van der Waals surface area contributed by atoms with Gasteiger partial charge in [0.15, 0.2) is 0 Å². The Labute approximate surface area is 240 Å². The fourth-order valence-electron chi connectivity index (χ4n) is 4.23. The van der Waals surface area contributed by atoms with E-state index in [1.807, 2.05) is 11.9 Å². The molecule has 9 nitrogen and oxygen atoms in total. The van der Waals surface area contributed by atoms with Crippen molar-refractivity contribution in [3.05, 3.63) is 77.7 Å². The summed E-state index contributed by atoms with van der Waals surface area (Å²) in [6.07, 6.45) is 0.890. The van der Waals surface area contributed by atoms with Crippen LogP contribution in [0.4, 0.5) is 29.3 Å². The van der Waals surface area contributed by atoms with E-state index in [0.29, 0.717) is 28.8 Å². The molecule has 0 spiro atoms. The monoisotopic (exact) mass is 608 g/mol. The molecule has 0 aliphatic heterocycles. The number of carbonyl (C=O) groups excluding carboxylic acids is 1. The normalized spacial score (nSPS) is 12.2. The lowest BCUT2D eigenvalue weighted by molar-refractivity contribution is -0.137. The smallest absolute Gasteiger partial charge is 0.314 e. The van der Waals surface area contributed by atoms with Crippen LogP contribution in [0, 0.1) is 0 Å². The minimum absolute atomic E-state index is 0.0819. The van der Waals surface area contributed by atoms with Gasteiger partial charge in [0.25, 0.3) is 0 Å². The summed E-state index contributed by atoms with van der Waals surface area (Å²) in [5.41, 5.74) is 0.386. The lowest BCUT2D eigenvalue weighted by Gasteiger charge is -2.15. The number of sulfonamides is 1. The standard InChI is InChI=1S/C27H28ClF3N6O3S/c1-3-13-36(2)14-12-33-41(39,40)25-17-37(24-16-32-11-10-21(24)25)20-7-4-18(5-8-20)34-26(38)35-19-6-9-23(28)22(15-19)27(29,30)31/h4-11,15-17,33H,3,12-14H2,1-2H3,(H2,34,35,38). The number of aromatic nitrogens is 2. The molecular formula is C27H28ClF3N6O3S. The van der Waals surface area contributed by atoms with Crippen molar-refractivity contribution in [3.8, 4) is 5.69 Å². The summed E-state index contributed by atoms with van der Waals surface area (Å²) in [6.45, 7) is 3.74. The summed E-state index contributed by atoms with van der Waals surface area (Å²) < 4.78 is 70.0. The summed E-state index contributed by atoms with van der Waals surface area (Å²) in [5, 5.41) is 4.93. The average molecular weight is 609 g/mol. The molecule has 0 atom stereocenters. The van der Waals surface area contributed by atoms with Crippen LogP contribution in [0.15, 0.2) is 72.0 Å². The van der Waals surface area contributed by atoms with E-state index in [0.717, 1.165) is 25.1 Å². The molecule has 3 N–H and O–H groups in total. The zero-order valence-electron chi connectivity index (χ0n) is 22.2. The van der Waals surface area contributed by atoms with Crippen LogP contribution in [0.25, 0.3) is 16.6 Å². The van der Waals surface area contributed by atoms with Crippen molar-refractivity contribution in [2.45, 2.75) is 24.4 Å². The Balaban J connectivity index is 1.50. The van der Waals surface area contributed by atoms with Gasteiger partial charge in [0, 0.05) is 47.9 Å². The Hall–Kier alpha value is -3.65. The van der Waals surface area contributed by atoms with E-state index in [2.05, 4.69) is 27.3 Å². The van der Waals surface area contributed by atoms with Crippen LogP contribution in [0.3, 0.4) is 0 Å². The molecule has 14 heteroatoms. The van der Waals surface area contributed by atoms with Crippen molar-refractivity contribution in [1.29, 1.82) is 0 Å². The number of nitrogens with one attached hydrogen (secondary N) is 3. The Morgan fingerprint density at radius 1 is 1.05 bits per heavy atom. The van der Waals surface area contributed by atoms with Gasteiger partial charge in [0.05, 0.1) is 22.3 Å². The minimum Gasteiger partial charge on any atom is -0.314 e. The van der Waals surface area contributed by atoms with E-state index in [9.17, 15) is 26.4 Å². The van der Waals surface area contributed by atoms with Crippen molar-refractivity contribution in [2.24, 2.45) is 0 Å². The van der Waals surface area contributed by atoms with E-state index in [1.165, 1.54) is 18.5 Å². The lowest BCUT2D eigenvalue weighted by Crippen LogP contribution is -2.33. The third kappa shape index (κ3) is 7.36. The molecule has 0 fully saturated rings. The topological polar surface area (TPSA) is 108 Å². The highest BCUT2D eigenvalue weighted by molar-refractivity contribution is 7.89. The van der Waals surface area contributed by atoms with Crippen molar-refractivity contribution in [1.82, 2.24) is 19.2 Å². The summed E-state index contributed by atoms with van der Waals surface area (Å²) in [6, 6.07) is 10.4. The van der Waals surface area contributed by atoms with Gasteiger partial charge in [-0.1, -0.05) is 18.5 Å². The quantitative estimate of drug-likeness (QED) is 0.206. The first-order valence-electron chi connectivity index (χ1n) is 12.6.